The lowest BCUT2D eigenvalue weighted by atomic mass is 10.0. The summed E-state index contributed by atoms with van der Waals surface area (Å²) in [5.74, 6) is 0.124. The van der Waals surface area contributed by atoms with E-state index in [-0.39, 0.29) is 17.7 Å². The summed E-state index contributed by atoms with van der Waals surface area (Å²) in [6.07, 6.45) is 2.36. The highest BCUT2D eigenvalue weighted by atomic mass is 16.5. The van der Waals surface area contributed by atoms with Gasteiger partial charge in [-0.1, -0.05) is 0 Å². The largest absolute Gasteiger partial charge is 0.369 e. The average Bonchev–Trinajstić information content (AvgIpc) is 2.63. The van der Waals surface area contributed by atoms with E-state index < -0.39 is 5.60 Å². The van der Waals surface area contributed by atoms with Crippen molar-refractivity contribution in [3.8, 4) is 0 Å². The van der Waals surface area contributed by atoms with E-state index in [1.54, 1.807) is 25.7 Å². The lowest BCUT2D eigenvalue weighted by molar-refractivity contribution is -0.152. The Morgan fingerprint density at radius 1 is 1.44 bits per heavy atom. The van der Waals surface area contributed by atoms with Crippen molar-refractivity contribution in [2.24, 2.45) is 0 Å². The Morgan fingerprint density at radius 2 is 2.06 bits per heavy atom. The number of carbonyl (C=O) groups is 2. The predicted octanol–water partition coefficient (Wildman–Crippen LogP) is 1.38. The van der Waals surface area contributed by atoms with Crippen molar-refractivity contribution in [1.82, 2.24) is 4.90 Å². The highest BCUT2D eigenvalue weighted by molar-refractivity contribution is 5.86. The molecule has 1 rings (SSSR count). The molecule has 1 saturated heterocycles. The van der Waals surface area contributed by atoms with Gasteiger partial charge in [-0.25, -0.2) is 0 Å². The Labute approximate surface area is 96.9 Å². The van der Waals surface area contributed by atoms with E-state index in [9.17, 15) is 9.59 Å². The fourth-order valence-corrected chi connectivity index (χ4v) is 2.08. The number of carbonyl (C=O) groups excluding carboxylic acids is 2. The molecule has 1 fully saturated rings. The molecule has 0 N–H and O–H groups in total. The number of nitrogens with zero attached hydrogens (tertiary/aromatic N) is 1. The van der Waals surface area contributed by atoms with Gasteiger partial charge in [-0.2, -0.15) is 0 Å². The van der Waals surface area contributed by atoms with Gasteiger partial charge in [0.25, 0.3) is 5.91 Å². The first-order valence-electron chi connectivity index (χ1n) is 5.74. The minimum absolute atomic E-state index is 0.0150. The molecule has 4 nitrogen and oxygen atoms in total. The lowest BCUT2D eigenvalue weighted by Gasteiger charge is -2.31. The SMILES string of the molecule is COC(C)(C)C(=O)N1CCCC1CC(C)=O. The highest BCUT2D eigenvalue weighted by Gasteiger charge is 2.37. The molecule has 0 radical (unpaired) electrons. The van der Waals surface area contributed by atoms with Crippen LogP contribution in [0.1, 0.15) is 40.0 Å². The summed E-state index contributed by atoms with van der Waals surface area (Å²) in [6.45, 7) is 5.84. The van der Waals surface area contributed by atoms with Gasteiger partial charge in [-0.3, -0.25) is 9.59 Å². The van der Waals surface area contributed by atoms with Crippen LogP contribution in [0.5, 0.6) is 0 Å². The predicted molar refractivity (Wildman–Crippen MR) is 61.1 cm³/mol. The van der Waals surface area contributed by atoms with E-state index in [1.165, 1.54) is 7.11 Å². The number of ether oxygens (including phenoxy) is 1. The molecular formula is C12H21NO3. The van der Waals surface area contributed by atoms with Crippen LogP contribution in [0.4, 0.5) is 0 Å². The van der Waals surface area contributed by atoms with Crippen LogP contribution in [0.15, 0.2) is 0 Å². The van der Waals surface area contributed by atoms with Crippen LogP contribution < -0.4 is 0 Å². The molecule has 0 aromatic rings. The van der Waals surface area contributed by atoms with E-state index in [0.717, 1.165) is 19.4 Å². The minimum atomic E-state index is -0.792. The molecule has 0 spiro atoms. The van der Waals surface area contributed by atoms with Gasteiger partial charge in [-0.05, 0) is 33.6 Å². The van der Waals surface area contributed by atoms with Gasteiger partial charge in [0.1, 0.15) is 11.4 Å². The molecule has 1 atom stereocenters. The number of amides is 1. The summed E-state index contributed by atoms with van der Waals surface area (Å²) in [6, 6.07) is 0.0689. The van der Waals surface area contributed by atoms with Crippen LogP contribution in [-0.4, -0.2) is 41.9 Å². The molecule has 1 amide bonds. The third-order valence-corrected chi connectivity index (χ3v) is 3.19. The van der Waals surface area contributed by atoms with Crippen molar-refractivity contribution in [2.45, 2.75) is 51.7 Å². The van der Waals surface area contributed by atoms with Crippen molar-refractivity contribution >= 4 is 11.7 Å². The maximum atomic E-state index is 12.2. The maximum absolute atomic E-state index is 12.2. The van der Waals surface area contributed by atoms with E-state index in [2.05, 4.69) is 0 Å². The second-order valence-electron chi connectivity index (χ2n) is 4.92. The van der Waals surface area contributed by atoms with Gasteiger partial charge in [0.15, 0.2) is 0 Å². The molecule has 1 aliphatic rings. The van der Waals surface area contributed by atoms with Crippen molar-refractivity contribution in [3.63, 3.8) is 0 Å². The molecule has 0 aromatic heterocycles. The summed E-state index contributed by atoms with van der Waals surface area (Å²) >= 11 is 0. The second-order valence-corrected chi connectivity index (χ2v) is 4.92. The maximum Gasteiger partial charge on any atom is 0.254 e. The zero-order valence-corrected chi connectivity index (χ0v) is 10.6. The quantitative estimate of drug-likeness (QED) is 0.729. The second kappa shape index (κ2) is 4.95. The summed E-state index contributed by atoms with van der Waals surface area (Å²) < 4.78 is 5.19. The number of hydrogen-bond acceptors (Lipinski definition) is 3. The molecule has 1 unspecified atom stereocenters. The lowest BCUT2D eigenvalue weighted by Crippen LogP contribution is -2.48. The zero-order chi connectivity index (χ0) is 12.3. The molecule has 0 bridgehead atoms. The van der Waals surface area contributed by atoms with Crippen LogP contribution in [-0.2, 0) is 14.3 Å². The first-order chi connectivity index (χ1) is 7.38. The third-order valence-electron chi connectivity index (χ3n) is 3.19. The summed E-state index contributed by atoms with van der Waals surface area (Å²) in [5, 5.41) is 0. The third kappa shape index (κ3) is 2.82. The van der Waals surface area contributed by atoms with Crippen molar-refractivity contribution in [2.75, 3.05) is 13.7 Å². The normalized spacial score (nSPS) is 21.2. The molecule has 16 heavy (non-hydrogen) atoms. The number of likely N-dealkylation sites (tertiary alicyclic amines) is 1. The van der Waals surface area contributed by atoms with Crippen molar-refractivity contribution < 1.29 is 14.3 Å². The minimum Gasteiger partial charge on any atom is -0.369 e. The summed E-state index contributed by atoms with van der Waals surface area (Å²) in [5.41, 5.74) is -0.792. The fraction of sp³-hybridized carbons (Fsp3) is 0.833. The van der Waals surface area contributed by atoms with Gasteiger partial charge in [-0.15, -0.1) is 0 Å². The smallest absolute Gasteiger partial charge is 0.254 e. The van der Waals surface area contributed by atoms with Gasteiger partial charge in [0, 0.05) is 26.1 Å². The topological polar surface area (TPSA) is 46.6 Å². The Kier molecular flexibility index (Phi) is 4.08. The zero-order valence-electron chi connectivity index (χ0n) is 10.6. The van der Waals surface area contributed by atoms with Gasteiger partial charge < -0.3 is 9.64 Å². The molecule has 0 aromatic carbocycles. The van der Waals surface area contributed by atoms with Crippen LogP contribution in [0.2, 0.25) is 0 Å². The Balaban J connectivity index is 2.71. The standard InChI is InChI=1S/C12H21NO3/c1-9(14)8-10-6-5-7-13(10)11(15)12(2,3)16-4/h10H,5-8H2,1-4H3. The van der Waals surface area contributed by atoms with E-state index in [0.29, 0.717) is 6.42 Å². The number of ketones is 1. The Hall–Kier alpha value is -0.900. The molecule has 4 heteroatoms. The van der Waals surface area contributed by atoms with Gasteiger partial charge >= 0.3 is 0 Å². The van der Waals surface area contributed by atoms with Gasteiger partial charge in [0.2, 0.25) is 0 Å². The number of Topliss-reactive ketones (excluding diaryl/α,β-unsaturated/α-hetero) is 1. The van der Waals surface area contributed by atoms with E-state index in [1.807, 2.05) is 0 Å². The van der Waals surface area contributed by atoms with Crippen LogP contribution in [0.25, 0.3) is 0 Å². The van der Waals surface area contributed by atoms with Gasteiger partial charge in [0.05, 0.1) is 0 Å². The Morgan fingerprint density at radius 3 is 2.56 bits per heavy atom. The molecule has 92 valence electrons. The highest BCUT2D eigenvalue weighted by Crippen LogP contribution is 2.24. The van der Waals surface area contributed by atoms with Crippen LogP contribution in [0, 0.1) is 0 Å². The molecule has 1 heterocycles. The number of hydrogen-bond donors (Lipinski definition) is 0. The summed E-state index contributed by atoms with van der Waals surface area (Å²) in [7, 11) is 1.54. The molecule has 0 saturated carbocycles. The van der Waals surface area contributed by atoms with E-state index >= 15 is 0 Å². The average molecular weight is 227 g/mol. The number of rotatable bonds is 4. The molecular weight excluding hydrogens is 206 g/mol. The first kappa shape index (κ1) is 13.2. The molecule has 0 aliphatic carbocycles. The van der Waals surface area contributed by atoms with Crippen molar-refractivity contribution in [3.05, 3.63) is 0 Å². The van der Waals surface area contributed by atoms with E-state index in [4.69, 9.17) is 4.74 Å². The van der Waals surface area contributed by atoms with Crippen LogP contribution >= 0.6 is 0 Å². The monoisotopic (exact) mass is 227 g/mol. The first-order valence-corrected chi connectivity index (χ1v) is 5.74. The van der Waals surface area contributed by atoms with Crippen LogP contribution in [0.3, 0.4) is 0 Å². The fourth-order valence-electron chi connectivity index (χ4n) is 2.08. The Bertz CT molecular complexity index is 286. The van der Waals surface area contributed by atoms with Crippen molar-refractivity contribution in [1.29, 1.82) is 0 Å². The summed E-state index contributed by atoms with van der Waals surface area (Å²) in [4.78, 5) is 25.1. The number of methoxy groups -OCH3 is 1. The molecule has 1 aliphatic heterocycles.